The fourth-order valence-electron chi connectivity index (χ4n) is 5.16. The number of benzene rings is 2. The van der Waals surface area contributed by atoms with Crippen LogP contribution in [0.5, 0.6) is 11.5 Å². The molecule has 2 heterocycles. The maximum atomic E-state index is 15.8. The number of likely N-dealkylation sites (tertiary alicyclic amines) is 1. The molecule has 4 rings (SSSR count). The predicted octanol–water partition coefficient (Wildman–Crippen LogP) is 5.16. The lowest BCUT2D eigenvalue weighted by atomic mass is 9.74. The minimum absolute atomic E-state index is 0.0120. The van der Waals surface area contributed by atoms with Gasteiger partial charge in [0.05, 0.1) is 18.0 Å². The summed E-state index contributed by atoms with van der Waals surface area (Å²) in [7, 11) is 1.52. The number of hydrogen-bond donors (Lipinski definition) is 2. The smallest absolute Gasteiger partial charge is 0.309 e. The zero-order chi connectivity index (χ0) is 28.2. The molecule has 0 amide bonds. The van der Waals surface area contributed by atoms with Crippen molar-refractivity contribution < 1.29 is 36.9 Å². The largest absolute Gasteiger partial charge is 0.497 e. The maximum Gasteiger partial charge on any atom is 0.309 e. The van der Waals surface area contributed by atoms with E-state index in [1.165, 1.54) is 7.11 Å². The van der Waals surface area contributed by atoms with Crippen LogP contribution in [-0.4, -0.2) is 54.3 Å². The number of rotatable bonds is 11. The second-order valence-electron chi connectivity index (χ2n) is 9.76. The Labute approximate surface area is 223 Å². The van der Waals surface area contributed by atoms with E-state index in [1.807, 2.05) is 4.90 Å². The van der Waals surface area contributed by atoms with E-state index >= 15 is 4.39 Å². The van der Waals surface area contributed by atoms with Gasteiger partial charge in [-0.05, 0) is 62.5 Å². The summed E-state index contributed by atoms with van der Waals surface area (Å²) in [6.07, 6.45) is 0.767. The van der Waals surface area contributed by atoms with Gasteiger partial charge in [0.25, 0.3) is 0 Å². The number of hydrogen-bond acceptors (Lipinski definition) is 6. The lowest BCUT2D eigenvalue weighted by Crippen LogP contribution is -2.45. The van der Waals surface area contributed by atoms with E-state index in [0.717, 1.165) is 0 Å². The Hall–Kier alpha value is -3.44. The van der Waals surface area contributed by atoms with Gasteiger partial charge in [0.1, 0.15) is 24.3 Å². The molecule has 1 aromatic heterocycles. The van der Waals surface area contributed by atoms with Crippen LogP contribution in [-0.2, 0) is 11.3 Å². The molecule has 0 bridgehead atoms. The third-order valence-corrected chi connectivity index (χ3v) is 7.49. The molecule has 3 N–H and O–H groups in total. The molecule has 2 aromatic carbocycles. The zero-order valence-corrected chi connectivity index (χ0v) is 21.6. The van der Waals surface area contributed by atoms with Crippen LogP contribution in [0.4, 0.5) is 17.6 Å². The van der Waals surface area contributed by atoms with Crippen molar-refractivity contribution in [2.24, 2.45) is 11.1 Å². The first-order valence-electron chi connectivity index (χ1n) is 12.7. The van der Waals surface area contributed by atoms with E-state index < -0.39 is 40.8 Å². The monoisotopic (exact) mass is 549 g/mol. The van der Waals surface area contributed by atoms with E-state index in [4.69, 9.17) is 15.2 Å². The van der Waals surface area contributed by atoms with Crippen molar-refractivity contribution in [2.75, 3.05) is 33.4 Å². The Kier molecular flexibility index (Phi) is 8.91. The molecule has 0 saturated carbocycles. The molecule has 1 aliphatic heterocycles. The minimum atomic E-state index is -1.45. The topological polar surface area (TPSA) is 97.9 Å². The van der Waals surface area contributed by atoms with E-state index in [9.17, 15) is 23.1 Å². The van der Waals surface area contributed by atoms with Crippen LogP contribution < -0.4 is 15.2 Å². The molecule has 1 fully saturated rings. The lowest BCUT2D eigenvalue weighted by Gasteiger charge is -2.39. The van der Waals surface area contributed by atoms with Crippen LogP contribution >= 0.6 is 0 Å². The normalized spacial score (nSPS) is 16.3. The SMILES string of the molecule is COc1ccc2ncc(CN)c([C@H](F)CCC3(C(=O)O)CCN(CCOc4c(F)cc(F)cc4F)CC3)c2c1. The Morgan fingerprint density at radius 3 is 2.49 bits per heavy atom. The number of carboxylic acids is 1. The molecular formula is C28H31F4N3O4. The Bertz CT molecular complexity index is 1300. The first-order chi connectivity index (χ1) is 18.7. The Balaban J connectivity index is 1.39. The number of aromatic nitrogens is 1. The Morgan fingerprint density at radius 2 is 1.87 bits per heavy atom. The summed E-state index contributed by atoms with van der Waals surface area (Å²) in [6.45, 7) is 1.10. The number of carbonyl (C=O) groups is 1. The number of nitrogens with zero attached hydrogens (tertiary/aromatic N) is 2. The average molecular weight is 550 g/mol. The van der Waals surface area contributed by atoms with E-state index in [0.29, 0.717) is 59.5 Å². The molecule has 1 aliphatic rings. The standard InChI is InChI=1S/C28H31F4N3O4/c1-38-19-2-3-24-20(14-19)25(17(15-33)16-34-24)21(30)4-5-28(27(36)37)6-8-35(9-7-28)10-11-39-26-22(31)12-18(29)13-23(26)32/h2-3,12-14,16,21H,4-11,15,33H2,1H3,(H,36,37)/t21-/m1/s1. The molecule has 1 saturated heterocycles. The van der Waals surface area contributed by atoms with Crippen LogP contribution in [0, 0.1) is 22.9 Å². The highest BCUT2D eigenvalue weighted by Gasteiger charge is 2.42. The van der Waals surface area contributed by atoms with Gasteiger partial charge in [-0.2, -0.15) is 0 Å². The van der Waals surface area contributed by atoms with Crippen molar-refractivity contribution in [3.63, 3.8) is 0 Å². The van der Waals surface area contributed by atoms with Gasteiger partial charge in [0, 0.05) is 42.4 Å². The molecule has 7 nitrogen and oxygen atoms in total. The summed E-state index contributed by atoms with van der Waals surface area (Å²) in [5.41, 5.74) is 6.31. The van der Waals surface area contributed by atoms with Crippen molar-refractivity contribution in [2.45, 2.75) is 38.4 Å². The van der Waals surface area contributed by atoms with Crippen molar-refractivity contribution in [3.8, 4) is 11.5 Å². The number of alkyl halides is 1. The maximum absolute atomic E-state index is 15.8. The summed E-state index contributed by atoms with van der Waals surface area (Å²) >= 11 is 0. The fourth-order valence-corrected chi connectivity index (χ4v) is 5.16. The summed E-state index contributed by atoms with van der Waals surface area (Å²) in [4.78, 5) is 18.6. The van der Waals surface area contributed by atoms with E-state index in [2.05, 4.69) is 4.98 Å². The zero-order valence-electron chi connectivity index (χ0n) is 21.6. The van der Waals surface area contributed by atoms with Gasteiger partial charge in [-0.25, -0.2) is 17.6 Å². The number of aliphatic carboxylic acids is 1. The van der Waals surface area contributed by atoms with Crippen LogP contribution in [0.3, 0.4) is 0 Å². The third-order valence-electron chi connectivity index (χ3n) is 7.49. The van der Waals surface area contributed by atoms with Crippen LogP contribution in [0.2, 0.25) is 0 Å². The van der Waals surface area contributed by atoms with E-state index in [1.54, 1.807) is 24.4 Å². The number of methoxy groups -OCH3 is 1. The minimum Gasteiger partial charge on any atom is -0.497 e. The predicted molar refractivity (Wildman–Crippen MR) is 137 cm³/mol. The highest BCUT2D eigenvalue weighted by Crippen LogP contribution is 2.41. The number of piperidine rings is 1. The van der Waals surface area contributed by atoms with Crippen LogP contribution in [0.1, 0.15) is 43.0 Å². The molecule has 0 aliphatic carbocycles. The number of halogens is 4. The molecule has 0 radical (unpaired) electrons. The number of carboxylic acid groups (broad SMARTS) is 1. The average Bonchev–Trinajstić information content (AvgIpc) is 2.92. The number of pyridine rings is 1. The van der Waals surface area contributed by atoms with Gasteiger partial charge in [-0.15, -0.1) is 0 Å². The number of fused-ring (bicyclic) bond motifs is 1. The molecule has 3 aromatic rings. The van der Waals surface area contributed by atoms with E-state index in [-0.39, 0.29) is 38.8 Å². The number of ether oxygens (including phenoxy) is 2. The second kappa shape index (κ2) is 12.2. The van der Waals surface area contributed by atoms with Gasteiger partial charge in [-0.3, -0.25) is 14.7 Å². The van der Waals surface area contributed by atoms with Crippen molar-refractivity contribution in [3.05, 3.63) is 65.1 Å². The fraction of sp³-hybridized carbons (Fsp3) is 0.429. The third kappa shape index (κ3) is 6.25. The van der Waals surface area contributed by atoms with Gasteiger partial charge in [0.15, 0.2) is 17.4 Å². The summed E-state index contributed by atoms with van der Waals surface area (Å²) in [5.74, 6) is -4.38. The van der Waals surface area contributed by atoms with Crippen molar-refractivity contribution >= 4 is 16.9 Å². The van der Waals surface area contributed by atoms with Crippen molar-refractivity contribution in [1.82, 2.24) is 9.88 Å². The van der Waals surface area contributed by atoms with Gasteiger partial charge in [0.2, 0.25) is 0 Å². The summed E-state index contributed by atoms with van der Waals surface area (Å²) in [5, 5.41) is 10.7. The number of nitrogens with two attached hydrogens (primary N) is 1. The lowest BCUT2D eigenvalue weighted by molar-refractivity contribution is -0.153. The first kappa shape index (κ1) is 28.6. The molecule has 210 valence electrons. The molecular weight excluding hydrogens is 518 g/mol. The van der Waals surface area contributed by atoms with Crippen LogP contribution in [0.25, 0.3) is 10.9 Å². The van der Waals surface area contributed by atoms with Crippen molar-refractivity contribution in [1.29, 1.82) is 0 Å². The summed E-state index contributed by atoms with van der Waals surface area (Å²) in [6, 6.07) is 6.27. The highest BCUT2D eigenvalue weighted by atomic mass is 19.1. The molecule has 0 unspecified atom stereocenters. The summed E-state index contributed by atoms with van der Waals surface area (Å²) < 4.78 is 66.9. The van der Waals surface area contributed by atoms with Gasteiger partial charge in [-0.1, -0.05) is 0 Å². The molecule has 0 spiro atoms. The Morgan fingerprint density at radius 1 is 1.18 bits per heavy atom. The first-order valence-corrected chi connectivity index (χ1v) is 12.7. The second-order valence-corrected chi connectivity index (χ2v) is 9.76. The molecule has 11 heteroatoms. The van der Waals surface area contributed by atoms with Crippen LogP contribution in [0.15, 0.2) is 36.5 Å². The molecule has 1 atom stereocenters. The highest BCUT2D eigenvalue weighted by molar-refractivity contribution is 5.85. The quantitative estimate of drug-likeness (QED) is 0.319. The molecule has 39 heavy (non-hydrogen) atoms. The van der Waals surface area contributed by atoms with Gasteiger partial charge >= 0.3 is 5.97 Å². The van der Waals surface area contributed by atoms with Gasteiger partial charge < -0.3 is 20.3 Å².